The van der Waals surface area contributed by atoms with E-state index in [4.69, 9.17) is 4.74 Å². The maximum Gasteiger partial charge on any atom is 0.214 e. The molecule has 8 heteroatoms. The van der Waals surface area contributed by atoms with Crippen molar-refractivity contribution in [2.45, 2.75) is 26.1 Å². The normalized spacial score (nSPS) is 20.2. The van der Waals surface area contributed by atoms with Crippen molar-refractivity contribution in [1.29, 1.82) is 0 Å². The van der Waals surface area contributed by atoms with Crippen molar-refractivity contribution in [1.82, 2.24) is 25.2 Å². The standard InChI is InChI=1S/C22H29N7O/c1-18-5-7-20(8-6-18)21(22-24-25-26-29(22)14-15-30-2)28-12-10-27(11-13-28)17-19-4-3-9-23-16-19/h3-9,16,21H,10-15,17H2,1-2H3/p+2/t21-/m0/s1. The molecule has 1 aromatic carbocycles. The van der Waals surface area contributed by atoms with Crippen molar-refractivity contribution >= 4 is 0 Å². The molecule has 0 aliphatic carbocycles. The van der Waals surface area contributed by atoms with Gasteiger partial charge in [0.1, 0.15) is 32.7 Å². The summed E-state index contributed by atoms with van der Waals surface area (Å²) in [7, 11) is 1.71. The lowest BCUT2D eigenvalue weighted by atomic mass is 10.0. The fourth-order valence-electron chi connectivity index (χ4n) is 4.26. The second-order valence-corrected chi connectivity index (χ2v) is 8.04. The van der Waals surface area contributed by atoms with Crippen LogP contribution in [0.25, 0.3) is 0 Å². The average Bonchev–Trinajstić information content (AvgIpc) is 3.24. The summed E-state index contributed by atoms with van der Waals surface area (Å²) in [4.78, 5) is 7.38. The maximum absolute atomic E-state index is 5.26. The van der Waals surface area contributed by atoms with Crippen molar-refractivity contribution in [2.24, 2.45) is 0 Å². The van der Waals surface area contributed by atoms with Crippen LogP contribution in [0.1, 0.15) is 28.6 Å². The predicted molar refractivity (Wildman–Crippen MR) is 112 cm³/mol. The van der Waals surface area contributed by atoms with E-state index in [9.17, 15) is 0 Å². The molecule has 4 rings (SSSR count). The Hall–Kier alpha value is -2.68. The quantitative estimate of drug-likeness (QED) is 0.504. The van der Waals surface area contributed by atoms with E-state index >= 15 is 0 Å². The minimum Gasteiger partial charge on any atom is -0.383 e. The number of aryl methyl sites for hydroxylation is 1. The van der Waals surface area contributed by atoms with Gasteiger partial charge in [0.25, 0.3) is 0 Å². The number of rotatable bonds is 8. The lowest BCUT2D eigenvalue weighted by Crippen LogP contribution is -3.27. The average molecular weight is 410 g/mol. The third-order valence-corrected chi connectivity index (χ3v) is 5.92. The molecule has 0 radical (unpaired) electrons. The van der Waals surface area contributed by atoms with Gasteiger partial charge in [-0.1, -0.05) is 35.9 Å². The first-order valence-corrected chi connectivity index (χ1v) is 10.6. The van der Waals surface area contributed by atoms with Gasteiger partial charge >= 0.3 is 0 Å². The van der Waals surface area contributed by atoms with E-state index in [-0.39, 0.29) is 6.04 Å². The van der Waals surface area contributed by atoms with Gasteiger partial charge in [-0.2, -0.15) is 0 Å². The molecule has 2 aromatic heterocycles. The summed E-state index contributed by atoms with van der Waals surface area (Å²) in [6, 6.07) is 13.1. The molecule has 0 saturated carbocycles. The molecule has 0 spiro atoms. The van der Waals surface area contributed by atoms with Crippen molar-refractivity contribution in [3.05, 3.63) is 71.3 Å². The zero-order valence-corrected chi connectivity index (χ0v) is 17.8. The molecule has 3 aromatic rings. The molecule has 8 nitrogen and oxygen atoms in total. The highest BCUT2D eigenvalue weighted by molar-refractivity contribution is 5.26. The molecule has 1 aliphatic rings. The summed E-state index contributed by atoms with van der Waals surface area (Å²) in [5.41, 5.74) is 3.83. The van der Waals surface area contributed by atoms with Crippen LogP contribution < -0.4 is 9.80 Å². The minimum atomic E-state index is 0.123. The lowest BCUT2D eigenvalue weighted by Gasteiger charge is -2.34. The van der Waals surface area contributed by atoms with Gasteiger partial charge in [-0.05, 0) is 23.4 Å². The number of quaternary nitrogens is 2. The summed E-state index contributed by atoms with van der Waals surface area (Å²) in [6.07, 6.45) is 3.81. The molecule has 3 heterocycles. The van der Waals surface area contributed by atoms with E-state index in [1.54, 1.807) is 12.0 Å². The largest absolute Gasteiger partial charge is 0.383 e. The molecular formula is C22H31N7O+2. The molecule has 30 heavy (non-hydrogen) atoms. The number of nitrogens with zero attached hydrogens (tertiary/aromatic N) is 5. The first kappa shape index (κ1) is 20.6. The maximum atomic E-state index is 5.26. The summed E-state index contributed by atoms with van der Waals surface area (Å²) in [5.74, 6) is 0.918. The van der Waals surface area contributed by atoms with E-state index in [1.807, 2.05) is 23.1 Å². The number of ether oxygens (including phenoxy) is 1. The van der Waals surface area contributed by atoms with Gasteiger partial charge in [0.15, 0.2) is 6.04 Å². The summed E-state index contributed by atoms with van der Waals surface area (Å²) >= 11 is 0. The molecule has 1 saturated heterocycles. The Kier molecular flexibility index (Phi) is 6.78. The first-order valence-electron chi connectivity index (χ1n) is 10.6. The number of piperazine rings is 1. The van der Waals surface area contributed by atoms with E-state index in [1.165, 1.54) is 21.6 Å². The topological polar surface area (TPSA) is 74.6 Å². The molecule has 0 unspecified atom stereocenters. The number of benzene rings is 1. The number of nitrogens with one attached hydrogen (secondary N) is 2. The first-order chi connectivity index (χ1) is 14.7. The van der Waals surface area contributed by atoms with Crippen molar-refractivity contribution in [3.63, 3.8) is 0 Å². The Balaban J connectivity index is 1.52. The van der Waals surface area contributed by atoms with Crippen molar-refractivity contribution < 1.29 is 14.5 Å². The van der Waals surface area contributed by atoms with Crippen molar-refractivity contribution in [2.75, 3.05) is 39.9 Å². The van der Waals surface area contributed by atoms with Crippen LogP contribution in [-0.2, 0) is 17.8 Å². The van der Waals surface area contributed by atoms with Crippen LogP contribution in [0.4, 0.5) is 0 Å². The zero-order valence-electron chi connectivity index (χ0n) is 17.8. The van der Waals surface area contributed by atoms with Gasteiger partial charge in [-0.15, -0.1) is 5.10 Å². The Bertz CT molecular complexity index is 905. The third kappa shape index (κ3) is 4.89. The molecule has 158 valence electrons. The summed E-state index contributed by atoms with van der Waals surface area (Å²) < 4.78 is 7.15. The van der Waals surface area contributed by atoms with Crippen LogP contribution >= 0.6 is 0 Å². The summed E-state index contributed by atoms with van der Waals surface area (Å²) in [6.45, 7) is 8.79. The van der Waals surface area contributed by atoms with Gasteiger partial charge in [-0.3, -0.25) is 4.98 Å². The number of pyridine rings is 1. The van der Waals surface area contributed by atoms with E-state index in [0.29, 0.717) is 13.2 Å². The van der Waals surface area contributed by atoms with Crippen LogP contribution in [-0.4, -0.2) is 65.1 Å². The van der Waals surface area contributed by atoms with Gasteiger partial charge in [0.05, 0.1) is 13.2 Å². The Morgan fingerprint density at radius 2 is 1.90 bits per heavy atom. The second kappa shape index (κ2) is 9.88. The van der Waals surface area contributed by atoms with Gasteiger partial charge in [0.2, 0.25) is 5.82 Å². The summed E-state index contributed by atoms with van der Waals surface area (Å²) in [5, 5.41) is 12.7. The fraction of sp³-hybridized carbons (Fsp3) is 0.455. The monoisotopic (exact) mass is 409 g/mol. The molecule has 0 amide bonds. The number of aromatic nitrogens is 5. The Morgan fingerprint density at radius 1 is 1.10 bits per heavy atom. The molecular weight excluding hydrogens is 378 g/mol. The van der Waals surface area contributed by atoms with Crippen molar-refractivity contribution in [3.8, 4) is 0 Å². The Morgan fingerprint density at radius 3 is 2.60 bits per heavy atom. The van der Waals surface area contributed by atoms with Crippen LogP contribution in [0.3, 0.4) is 0 Å². The number of hydrogen-bond acceptors (Lipinski definition) is 5. The highest BCUT2D eigenvalue weighted by Gasteiger charge is 2.35. The second-order valence-electron chi connectivity index (χ2n) is 8.04. The zero-order chi connectivity index (χ0) is 20.8. The van der Waals surface area contributed by atoms with Crippen LogP contribution in [0.5, 0.6) is 0 Å². The molecule has 1 atom stereocenters. The van der Waals surface area contributed by atoms with E-state index < -0.39 is 0 Å². The lowest BCUT2D eigenvalue weighted by molar-refractivity contribution is -1.03. The van der Waals surface area contributed by atoms with Crippen LogP contribution in [0.15, 0.2) is 48.8 Å². The predicted octanol–water partition coefficient (Wildman–Crippen LogP) is -0.904. The van der Waals surface area contributed by atoms with E-state index in [0.717, 1.165) is 38.5 Å². The number of tetrazole rings is 1. The highest BCUT2D eigenvalue weighted by Crippen LogP contribution is 2.18. The minimum absolute atomic E-state index is 0.123. The Labute approximate surface area is 177 Å². The SMILES string of the molecule is COCCn1nnnc1[C@H](c1ccc(C)cc1)[NH+]1CC[NH+](Cc2cccnc2)CC1. The van der Waals surface area contributed by atoms with E-state index in [2.05, 4.69) is 57.8 Å². The van der Waals surface area contributed by atoms with Crippen LogP contribution in [0.2, 0.25) is 0 Å². The number of methoxy groups -OCH3 is 1. The smallest absolute Gasteiger partial charge is 0.214 e. The fourth-order valence-corrected chi connectivity index (χ4v) is 4.26. The number of hydrogen-bond donors (Lipinski definition) is 2. The highest BCUT2D eigenvalue weighted by atomic mass is 16.5. The molecule has 0 bridgehead atoms. The third-order valence-electron chi connectivity index (χ3n) is 5.92. The molecule has 1 aliphatic heterocycles. The molecule has 1 fully saturated rings. The van der Waals surface area contributed by atoms with Crippen LogP contribution in [0, 0.1) is 6.92 Å². The van der Waals surface area contributed by atoms with Gasteiger partial charge < -0.3 is 14.5 Å². The molecule has 2 N–H and O–H groups in total. The van der Waals surface area contributed by atoms with Gasteiger partial charge in [0, 0.05) is 30.6 Å². The van der Waals surface area contributed by atoms with Gasteiger partial charge in [-0.25, -0.2) is 4.68 Å².